The highest BCUT2D eigenvalue weighted by molar-refractivity contribution is 8.67. The zero-order valence-corrected chi connectivity index (χ0v) is 12.9. The molecule has 0 bridgehead atoms. The number of thioether (sulfide) groups is 1. The van der Waals surface area contributed by atoms with Crippen molar-refractivity contribution in [3.63, 3.8) is 0 Å². The van der Waals surface area contributed by atoms with Crippen LogP contribution in [-0.4, -0.2) is 39.0 Å². The first-order chi connectivity index (χ1) is 7.16. The van der Waals surface area contributed by atoms with E-state index in [1.54, 1.807) is 18.8 Å². The first-order valence-corrected chi connectivity index (χ1v) is 9.99. The number of amides is 1. The van der Waals surface area contributed by atoms with Gasteiger partial charge in [-0.1, -0.05) is 11.4 Å². The van der Waals surface area contributed by atoms with Crippen molar-refractivity contribution in [2.75, 3.05) is 18.6 Å². The summed E-state index contributed by atoms with van der Waals surface area (Å²) < 4.78 is -0.117. The van der Waals surface area contributed by atoms with Crippen molar-refractivity contribution in [1.29, 1.82) is 0 Å². The Kier molecular flexibility index (Phi) is 7.57. The van der Waals surface area contributed by atoms with Crippen molar-refractivity contribution in [3.05, 3.63) is 0 Å². The molecule has 0 saturated heterocycles. The molecule has 4 nitrogen and oxygen atoms in total. The molecule has 0 radical (unpaired) electrons. The Morgan fingerprint density at radius 3 is 2.50 bits per heavy atom. The van der Waals surface area contributed by atoms with Gasteiger partial charge in [-0.05, 0) is 25.7 Å². The van der Waals surface area contributed by atoms with E-state index in [4.69, 9.17) is 9.79 Å². The van der Waals surface area contributed by atoms with E-state index in [2.05, 4.69) is 17.1 Å². The van der Waals surface area contributed by atoms with Crippen LogP contribution in [0.15, 0.2) is 0 Å². The summed E-state index contributed by atoms with van der Waals surface area (Å²) in [5.41, 5.74) is -3.16. The molecule has 0 spiro atoms. The van der Waals surface area contributed by atoms with Crippen LogP contribution in [0, 0.1) is 0 Å². The molecule has 1 amide bonds. The smallest absolute Gasteiger partial charge is 0.242 e. The molecule has 0 fully saturated rings. The largest absolute Gasteiger partial charge is 0.359 e. The Hall–Kier alpha value is 0.740. The summed E-state index contributed by atoms with van der Waals surface area (Å²) in [6, 6.07) is 0. The van der Waals surface area contributed by atoms with E-state index in [9.17, 15) is 4.79 Å². The third-order valence-electron chi connectivity index (χ3n) is 1.68. The lowest BCUT2D eigenvalue weighted by Crippen LogP contribution is -2.22. The van der Waals surface area contributed by atoms with Crippen molar-refractivity contribution in [2.45, 2.75) is 25.0 Å². The lowest BCUT2D eigenvalue weighted by molar-refractivity contribution is -0.120. The van der Waals surface area contributed by atoms with E-state index in [-0.39, 0.29) is 10.7 Å². The Bertz CT molecular complexity index is 280. The van der Waals surface area contributed by atoms with Crippen molar-refractivity contribution < 1.29 is 14.6 Å². The maximum absolute atomic E-state index is 11.0. The molecule has 0 aromatic carbocycles. The van der Waals surface area contributed by atoms with Crippen molar-refractivity contribution in [2.24, 2.45) is 0 Å². The molecule has 3 N–H and O–H groups in total. The first-order valence-electron chi connectivity index (χ1n) is 4.71. The predicted octanol–water partition coefficient (Wildman–Crippen LogP) is 1.58. The van der Waals surface area contributed by atoms with Gasteiger partial charge in [-0.3, -0.25) is 4.79 Å². The van der Waals surface area contributed by atoms with E-state index in [0.29, 0.717) is 17.9 Å². The summed E-state index contributed by atoms with van der Waals surface area (Å²) in [7, 11) is 1.61. The van der Waals surface area contributed by atoms with Crippen molar-refractivity contribution >= 4 is 46.6 Å². The number of rotatable bonds is 7. The van der Waals surface area contributed by atoms with Crippen LogP contribution in [0.4, 0.5) is 0 Å². The Morgan fingerprint density at radius 2 is 2.06 bits per heavy atom. The third-order valence-corrected chi connectivity index (χ3v) is 6.73. The second-order valence-corrected chi connectivity index (χ2v) is 11.6. The molecule has 16 heavy (non-hydrogen) atoms. The average molecular weight is 303 g/mol. The topological polar surface area (TPSA) is 69.6 Å². The van der Waals surface area contributed by atoms with Gasteiger partial charge in [-0.15, -0.1) is 0 Å². The first kappa shape index (κ1) is 16.7. The van der Waals surface area contributed by atoms with Gasteiger partial charge in [0.25, 0.3) is 0 Å². The van der Waals surface area contributed by atoms with Gasteiger partial charge in [0.1, 0.15) is 0 Å². The fourth-order valence-electron chi connectivity index (χ4n) is 0.826. The number of hydrogen-bond acceptors (Lipinski definition) is 4. The second kappa shape index (κ2) is 7.24. The zero-order valence-electron chi connectivity index (χ0n) is 9.60. The van der Waals surface area contributed by atoms with E-state index < -0.39 is 5.69 Å². The number of carbonyl (C=O) groups excluding carboxylic acids is 1. The van der Waals surface area contributed by atoms with E-state index in [1.165, 1.54) is 0 Å². The summed E-state index contributed by atoms with van der Waals surface area (Å²) >= 11 is 7.19. The van der Waals surface area contributed by atoms with Gasteiger partial charge in [0.2, 0.25) is 11.6 Å². The highest BCUT2D eigenvalue weighted by Gasteiger charge is 2.22. The van der Waals surface area contributed by atoms with Crippen LogP contribution in [0.1, 0.15) is 20.3 Å². The van der Waals surface area contributed by atoms with Crippen LogP contribution >= 0.6 is 28.8 Å². The van der Waals surface area contributed by atoms with E-state index in [0.717, 1.165) is 11.4 Å². The molecule has 0 saturated carbocycles. The van der Waals surface area contributed by atoms with E-state index in [1.807, 2.05) is 13.8 Å². The summed E-state index contributed by atoms with van der Waals surface area (Å²) in [6.07, 6.45) is 0.474. The van der Waals surface area contributed by atoms with Crippen LogP contribution in [0.5, 0.6) is 0 Å². The highest BCUT2D eigenvalue weighted by Crippen LogP contribution is 2.52. The minimum atomic E-state index is -3.16. The normalized spacial score (nSPS) is 12.6. The lowest BCUT2D eigenvalue weighted by atomic mass is 10.2. The van der Waals surface area contributed by atoms with Gasteiger partial charge in [-0.2, -0.15) is 11.8 Å². The molecule has 0 aromatic rings. The molecule has 0 heterocycles. The molecule has 0 aliphatic carbocycles. The predicted molar refractivity (Wildman–Crippen MR) is 76.4 cm³/mol. The monoisotopic (exact) mass is 303 g/mol. The van der Waals surface area contributed by atoms with Gasteiger partial charge in [-0.25, -0.2) is 0 Å². The molecule has 96 valence electrons. The summed E-state index contributed by atoms with van der Waals surface area (Å²) in [5.74, 6) is 1.30. The molecule has 8 heteroatoms. The molecule has 0 aliphatic rings. The average Bonchev–Trinajstić information content (AvgIpc) is 2.13. The van der Waals surface area contributed by atoms with Gasteiger partial charge in [0, 0.05) is 29.7 Å². The number of hydrogen-bond donors (Lipinski definition) is 3. The zero-order chi connectivity index (χ0) is 12.8. The van der Waals surface area contributed by atoms with Gasteiger partial charge >= 0.3 is 0 Å². The molecular formula is C8H18NO3PS3. The molecule has 0 rings (SSSR count). The second-order valence-electron chi connectivity index (χ2n) is 3.80. The Morgan fingerprint density at radius 1 is 1.50 bits per heavy atom. The maximum Gasteiger partial charge on any atom is 0.242 e. The number of nitrogens with one attached hydrogen (secondary N) is 1. The quantitative estimate of drug-likeness (QED) is 0.620. The van der Waals surface area contributed by atoms with Crippen LogP contribution < -0.4 is 5.32 Å². The summed E-state index contributed by atoms with van der Waals surface area (Å²) in [6.45, 7) is 4.00. The lowest BCUT2D eigenvalue weighted by Gasteiger charge is -2.24. The van der Waals surface area contributed by atoms with Crippen LogP contribution in [0.2, 0.25) is 0 Å². The van der Waals surface area contributed by atoms with Crippen molar-refractivity contribution in [1.82, 2.24) is 5.32 Å². The number of carbonyl (C=O) groups is 1. The Labute approximate surface area is 110 Å². The van der Waals surface area contributed by atoms with E-state index >= 15 is 0 Å². The molecule has 0 aromatic heterocycles. The molecule has 0 unspecified atom stereocenters. The SMILES string of the molecule is CNC(=O)CCSC(C)(C)CSP(O)(O)=S. The Balaban J connectivity index is 3.87. The molecule has 0 aliphatic heterocycles. The summed E-state index contributed by atoms with van der Waals surface area (Å²) in [5, 5.41) is 2.56. The van der Waals surface area contributed by atoms with Crippen LogP contribution in [0.3, 0.4) is 0 Å². The fourth-order valence-corrected chi connectivity index (χ4v) is 4.86. The maximum atomic E-state index is 11.0. The standard InChI is InChI=1S/C8H18NO3PS3/c1-8(2,6-16-13(11,12)14)15-5-4-7(10)9-3/h4-6H2,1-3H3,(H,9,10)(H2,11,12,14). The molecular weight excluding hydrogens is 285 g/mol. The minimum absolute atomic E-state index is 0.0189. The summed E-state index contributed by atoms with van der Waals surface area (Å²) in [4.78, 5) is 29.2. The third kappa shape index (κ3) is 9.93. The van der Waals surface area contributed by atoms with Crippen molar-refractivity contribution in [3.8, 4) is 0 Å². The van der Waals surface area contributed by atoms with Gasteiger partial charge < -0.3 is 15.1 Å². The van der Waals surface area contributed by atoms with Crippen LogP contribution in [0.25, 0.3) is 0 Å². The van der Waals surface area contributed by atoms with Gasteiger partial charge in [0.05, 0.1) is 0 Å². The highest BCUT2D eigenvalue weighted by atomic mass is 32.9. The minimum Gasteiger partial charge on any atom is -0.359 e. The van der Waals surface area contributed by atoms with Crippen LogP contribution in [-0.2, 0) is 16.6 Å². The fraction of sp³-hybridized carbons (Fsp3) is 0.875. The van der Waals surface area contributed by atoms with Gasteiger partial charge in [0.15, 0.2) is 0 Å². The molecule has 0 atom stereocenters.